The van der Waals surface area contributed by atoms with Gasteiger partial charge in [-0.15, -0.1) is 0 Å². The van der Waals surface area contributed by atoms with Gasteiger partial charge in [0.1, 0.15) is 0 Å². The first-order valence-corrected chi connectivity index (χ1v) is 5.47. The van der Waals surface area contributed by atoms with E-state index >= 15 is 0 Å². The third-order valence-electron chi connectivity index (χ3n) is 2.66. The van der Waals surface area contributed by atoms with Gasteiger partial charge in [-0.25, -0.2) is 0 Å². The van der Waals surface area contributed by atoms with Gasteiger partial charge in [0.2, 0.25) is 5.91 Å². The summed E-state index contributed by atoms with van der Waals surface area (Å²) in [5, 5.41) is 2.78. The standard InChI is InChI=1S/C13H17NO3/c1-9-5-4-6-11(10(9)2)14-12(15)7-8-13(16)17-3/h4-6H,7-8H2,1-3H3,(H,14,15). The van der Waals surface area contributed by atoms with E-state index in [-0.39, 0.29) is 24.7 Å². The Labute approximate surface area is 101 Å². The van der Waals surface area contributed by atoms with Crippen molar-refractivity contribution in [2.75, 3.05) is 12.4 Å². The number of nitrogens with one attached hydrogen (secondary N) is 1. The van der Waals surface area contributed by atoms with Crippen molar-refractivity contribution < 1.29 is 14.3 Å². The summed E-state index contributed by atoms with van der Waals surface area (Å²) in [6, 6.07) is 5.72. The molecule has 0 aliphatic rings. The number of hydrogen-bond donors (Lipinski definition) is 1. The zero-order valence-corrected chi connectivity index (χ0v) is 10.4. The molecule has 1 N–H and O–H groups in total. The first-order chi connectivity index (χ1) is 8.04. The lowest BCUT2D eigenvalue weighted by Gasteiger charge is -2.09. The van der Waals surface area contributed by atoms with Crippen LogP contribution in [-0.2, 0) is 14.3 Å². The molecule has 0 bridgehead atoms. The Balaban J connectivity index is 2.56. The lowest BCUT2D eigenvalue weighted by Crippen LogP contribution is -2.14. The van der Waals surface area contributed by atoms with Crippen molar-refractivity contribution in [1.29, 1.82) is 0 Å². The number of aryl methyl sites for hydroxylation is 1. The molecule has 0 aromatic heterocycles. The van der Waals surface area contributed by atoms with Crippen LogP contribution in [0.5, 0.6) is 0 Å². The Morgan fingerprint density at radius 3 is 2.59 bits per heavy atom. The van der Waals surface area contributed by atoms with Gasteiger partial charge >= 0.3 is 5.97 Å². The van der Waals surface area contributed by atoms with Crippen LogP contribution in [0.15, 0.2) is 18.2 Å². The molecule has 4 heteroatoms. The second kappa shape index (κ2) is 6.03. The van der Waals surface area contributed by atoms with Crippen LogP contribution in [0.25, 0.3) is 0 Å². The number of rotatable bonds is 4. The molecule has 0 aliphatic heterocycles. The number of amides is 1. The molecule has 1 aromatic rings. The Kier molecular flexibility index (Phi) is 4.69. The summed E-state index contributed by atoms with van der Waals surface area (Å²) in [5.74, 6) is -0.551. The van der Waals surface area contributed by atoms with Crippen molar-refractivity contribution in [2.45, 2.75) is 26.7 Å². The maximum atomic E-state index is 11.6. The highest BCUT2D eigenvalue weighted by Crippen LogP contribution is 2.18. The predicted octanol–water partition coefficient (Wildman–Crippen LogP) is 2.20. The van der Waals surface area contributed by atoms with Gasteiger partial charge in [-0.3, -0.25) is 9.59 Å². The lowest BCUT2D eigenvalue weighted by atomic mass is 10.1. The van der Waals surface area contributed by atoms with Crippen LogP contribution in [0.4, 0.5) is 5.69 Å². The maximum Gasteiger partial charge on any atom is 0.306 e. The fourth-order valence-electron chi connectivity index (χ4n) is 1.42. The molecule has 0 unspecified atom stereocenters. The second-order valence-electron chi connectivity index (χ2n) is 3.87. The first kappa shape index (κ1) is 13.2. The van der Waals surface area contributed by atoms with Crippen LogP contribution in [0.1, 0.15) is 24.0 Å². The molecule has 0 aliphatic carbocycles. The van der Waals surface area contributed by atoms with Crippen molar-refractivity contribution in [3.05, 3.63) is 29.3 Å². The summed E-state index contributed by atoms with van der Waals surface area (Å²) in [6.45, 7) is 3.94. The van der Waals surface area contributed by atoms with Crippen molar-refractivity contribution >= 4 is 17.6 Å². The Morgan fingerprint density at radius 2 is 1.94 bits per heavy atom. The Morgan fingerprint density at radius 1 is 1.24 bits per heavy atom. The predicted molar refractivity (Wildman–Crippen MR) is 65.8 cm³/mol. The topological polar surface area (TPSA) is 55.4 Å². The molecule has 0 atom stereocenters. The first-order valence-electron chi connectivity index (χ1n) is 5.47. The second-order valence-corrected chi connectivity index (χ2v) is 3.87. The molecule has 0 fully saturated rings. The summed E-state index contributed by atoms with van der Waals surface area (Å²) >= 11 is 0. The van der Waals surface area contributed by atoms with E-state index in [4.69, 9.17) is 0 Å². The van der Waals surface area contributed by atoms with Crippen LogP contribution in [0.2, 0.25) is 0 Å². The van der Waals surface area contributed by atoms with Crippen LogP contribution < -0.4 is 5.32 Å². The minimum Gasteiger partial charge on any atom is -0.469 e. The summed E-state index contributed by atoms with van der Waals surface area (Å²) in [6.07, 6.45) is 0.243. The molecular weight excluding hydrogens is 218 g/mol. The largest absolute Gasteiger partial charge is 0.469 e. The number of methoxy groups -OCH3 is 1. The molecule has 0 saturated heterocycles. The SMILES string of the molecule is COC(=O)CCC(=O)Nc1cccc(C)c1C. The van der Waals surface area contributed by atoms with E-state index in [1.165, 1.54) is 7.11 Å². The number of carbonyl (C=O) groups excluding carboxylic acids is 2. The number of carbonyl (C=O) groups is 2. The van der Waals surface area contributed by atoms with Crippen LogP contribution in [0, 0.1) is 13.8 Å². The van der Waals surface area contributed by atoms with E-state index in [1.807, 2.05) is 32.0 Å². The quantitative estimate of drug-likeness (QED) is 0.814. The monoisotopic (exact) mass is 235 g/mol. The molecule has 1 aromatic carbocycles. The Bertz CT molecular complexity index is 427. The van der Waals surface area contributed by atoms with Crippen molar-refractivity contribution in [3.63, 3.8) is 0 Å². The minimum atomic E-state index is -0.374. The third kappa shape index (κ3) is 3.90. The number of esters is 1. The van der Waals surface area contributed by atoms with Crippen molar-refractivity contribution in [3.8, 4) is 0 Å². The molecule has 0 saturated carbocycles. The van der Waals surface area contributed by atoms with Gasteiger partial charge in [-0.2, -0.15) is 0 Å². The van der Waals surface area contributed by atoms with E-state index in [2.05, 4.69) is 10.1 Å². The molecule has 0 heterocycles. The van der Waals surface area contributed by atoms with E-state index in [1.54, 1.807) is 0 Å². The molecular formula is C13H17NO3. The molecule has 4 nitrogen and oxygen atoms in total. The fourth-order valence-corrected chi connectivity index (χ4v) is 1.42. The zero-order valence-electron chi connectivity index (χ0n) is 10.4. The average Bonchev–Trinajstić information content (AvgIpc) is 2.32. The van der Waals surface area contributed by atoms with Gasteiger partial charge in [0.15, 0.2) is 0 Å². The van der Waals surface area contributed by atoms with Crippen LogP contribution in [-0.4, -0.2) is 19.0 Å². The van der Waals surface area contributed by atoms with Gasteiger partial charge in [0.05, 0.1) is 13.5 Å². The molecule has 92 valence electrons. The number of anilines is 1. The van der Waals surface area contributed by atoms with Crippen molar-refractivity contribution in [2.24, 2.45) is 0 Å². The Hall–Kier alpha value is -1.84. The number of ether oxygens (including phenoxy) is 1. The summed E-state index contributed by atoms with van der Waals surface area (Å²) in [5.41, 5.74) is 2.95. The highest BCUT2D eigenvalue weighted by molar-refractivity contribution is 5.93. The molecule has 17 heavy (non-hydrogen) atoms. The molecule has 0 spiro atoms. The summed E-state index contributed by atoms with van der Waals surface area (Å²) < 4.78 is 4.47. The van der Waals surface area contributed by atoms with Gasteiger partial charge in [0.25, 0.3) is 0 Å². The summed E-state index contributed by atoms with van der Waals surface area (Å²) in [7, 11) is 1.31. The van der Waals surface area contributed by atoms with E-state index in [0.29, 0.717) is 0 Å². The van der Waals surface area contributed by atoms with Crippen LogP contribution >= 0.6 is 0 Å². The average molecular weight is 235 g/mol. The van der Waals surface area contributed by atoms with Crippen LogP contribution in [0.3, 0.4) is 0 Å². The third-order valence-corrected chi connectivity index (χ3v) is 2.66. The van der Waals surface area contributed by atoms with Gasteiger partial charge in [0, 0.05) is 12.1 Å². The highest BCUT2D eigenvalue weighted by atomic mass is 16.5. The zero-order chi connectivity index (χ0) is 12.8. The fraction of sp³-hybridized carbons (Fsp3) is 0.385. The lowest BCUT2D eigenvalue weighted by molar-refractivity contribution is -0.141. The van der Waals surface area contributed by atoms with E-state index in [0.717, 1.165) is 16.8 Å². The maximum absolute atomic E-state index is 11.6. The van der Waals surface area contributed by atoms with Gasteiger partial charge < -0.3 is 10.1 Å². The highest BCUT2D eigenvalue weighted by Gasteiger charge is 2.08. The smallest absolute Gasteiger partial charge is 0.306 e. The van der Waals surface area contributed by atoms with Crippen molar-refractivity contribution in [1.82, 2.24) is 0 Å². The molecule has 1 rings (SSSR count). The molecule has 1 amide bonds. The number of hydrogen-bond acceptors (Lipinski definition) is 3. The number of benzene rings is 1. The van der Waals surface area contributed by atoms with E-state index < -0.39 is 0 Å². The minimum absolute atomic E-state index is 0.104. The van der Waals surface area contributed by atoms with Gasteiger partial charge in [-0.1, -0.05) is 12.1 Å². The van der Waals surface area contributed by atoms with Gasteiger partial charge in [-0.05, 0) is 31.0 Å². The molecule has 0 radical (unpaired) electrons. The van der Waals surface area contributed by atoms with E-state index in [9.17, 15) is 9.59 Å². The normalized spacial score (nSPS) is 9.82. The summed E-state index contributed by atoms with van der Waals surface area (Å²) in [4.78, 5) is 22.5.